The molecule has 0 unspecified atom stereocenters. The third-order valence-electron chi connectivity index (χ3n) is 7.01. The Labute approximate surface area is 229 Å². The summed E-state index contributed by atoms with van der Waals surface area (Å²) < 4.78 is 11.4. The normalized spacial score (nSPS) is 15.1. The van der Waals surface area contributed by atoms with E-state index in [-0.39, 0.29) is 0 Å². The van der Waals surface area contributed by atoms with Gasteiger partial charge in [0.25, 0.3) is 0 Å². The fraction of sp³-hybridized carbons (Fsp3) is 0.323. The highest BCUT2D eigenvalue weighted by molar-refractivity contribution is 6.17. The summed E-state index contributed by atoms with van der Waals surface area (Å²) in [6, 6.07) is 16.2. The topological polar surface area (TPSA) is 83.9 Å². The molecule has 0 atom stereocenters. The summed E-state index contributed by atoms with van der Waals surface area (Å²) >= 11 is 0. The van der Waals surface area contributed by atoms with Crippen LogP contribution in [0.25, 0.3) is 21.7 Å². The Morgan fingerprint density at radius 3 is 2.67 bits per heavy atom. The van der Waals surface area contributed by atoms with Gasteiger partial charge < -0.3 is 20.1 Å². The number of fused-ring (bicyclic) bond motifs is 3. The van der Waals surface area contributed by atoms with Crippen molar-refractivity contribution < 1.29 is 9.47 Å². The molecule has 5 rings (SSSR count). The van der Waals surface area contributed by atoms with Crippen molar-refractivity contribution in [1.82, 2.24) is 20.2 Å². The van der Waals surface area contributed by atoms with Gasteiger partial charge in [-0.1, -0.05) is 24.6 Å². The van der Waals surface area contributed by atoms with E-state index in [0.29, 0.717) is 6.61 Å². The number of pyridine rings is 2. The molecule has 0 bridgehead atoms. The Morgan fingerprint density at radius 2 is 1.90 bits per heavy atom. The predicted molar refractivity (Wildman–Crippen MR) is 159 cm³/mol. The van der Waals surface area contributed by atoms with E-state index >= 15 is 0 Å². The fourth-order valence-corrected chi connectivity index (χ4v) is 4.60. The van der Waals surface area contributed by atoms with Crippen molar-refractivity contribution in [2.24, 2.45) is 4.99 Å². The molecule has 0 spiro atoms. The van der Waals surface area contributed by atoms with Crippen LogP contribution < -0.4 is 15.4 Å². The monoisotopic (exact) mass is 524 g/mol. The summed E-state index contributed by atoms with van der Waals surface area (Å²) in [6.45, 7) is 9.32. The number of allylic oxidation sites excluding steroid dienone is 1. The second-order valence-electron chi connectivity index (χ2n) is 9.60. The van der Waals surface area contributed by atoms with E-state index in [2.05, 4.69) is 51.5 Å². The lowest BCUT2D eigenvalue weighted by molar-refractivity contribution is 0.0322. The van der Waals surface area contributed by atoms with Crippen molar-refractivity contribution >= 4 is 39.0 Å². The molecule has 2 aromatic carbocycles. The molecule has 0 radical (unpaired) electrons. The first-order valence-corrected chi connectivity index (χ1v) is 13.5. The van der Waals surface area contributed by atoms with Gasteiger partial charge in [0.1, 0.15) is 24.0 Å². The zero-order valence-electron chi connectivity index (χ0n) is 22.9. The first kappa shape index (κ1) is 26.6. The lowest BCUT2D eigenvalue weighted by Gasteiger charge is -2.26. The first-order valence-electron chi connectivity index (χ1n) is 13.5. The Balaban J connectivity index is 1.40. The number of nitrogens with one attached hydrogen (secondary N) is 2. The molecular weight excluding hydrogens is 488 g/mol. The zero-order chi connectivity index (χ0) is 27.0. The van der Waals surface area contributed by atoms with Crippen molar-refractivity contribution in [2.45, 2.75) is 20.3 Å². The van der Waals surface area contributed by atoms with Crippen molar-refractivity contribution in [3.8, 4) is 5.75 Å². The van der Waals surface area contributed by atoms with Crippen LogP contribution in [0.1, 0.15) is 25.8 Å². The summed E-state index contributed by atoms with van der Waals surface area (Å²) in [4.78, 5) is 16.4. The molecule has 1 aliphatic rings. The van der Waals surface area contributed by atoms with Crippen molar-refractivity contribution in [3.05, 3.63) is 78.3 Å². The second-order valence-corrected chi connectivity index (χ2v) is 9.60. The molecule has 0 amide bonds. The summed E-state index contributed by atoms with van der Waals surface area (Å²) in [5.41, 5.74) is 3.98. The third kappa shape index (κ3) is 6.35. The number of aliphatic imine (C=N–C) groups is 1. The van der Waals surface area contributed by atoms with Gasteiger partial charge in [-0.15, -0.1) is 0 Å². The van der Waals surface area contributed by atoms with Crippen LogP contribution in [0.15, 0.2) is 77.7 Å². The van der Waals surface area contributed by atoms with Crippen LogP contribution in [0, 0.1) is 0 Å². The van der Waals surface area contributed by atoms with Gasteiger partial charge in [-0.25, -0.2) is 4.98 Å². The van der Waals surface area contributed by atoms with Gasteiger partial charge in [0.2, 0.25) is 0 Å². The lowest BCUT2D eigenvalue weighted by atomic mass is 10.0. The van der Waals surface area contributed by atoms with Crippen LogP contribution in [0.2, 0.25) is 0 Å². The van der Waals surface area contributed by atoms with Crippen molar-refractivity contribution in [1.29, 1.82) is 0 Å². The smallest absolute Gasteiger partial charge is 0.139 e. The largest absolute Gasteiger partial charge is 0.492 e. The van der Waals surface area contributed by atoms with Crippen molar-refractivity contribution in [3.63, 3.8) is 0 Å². The van der Waals surface area contributed by atoms with Gasteiger partial charge >= 0.3 is 0 Å². The summed E-state index contributed by atoms with van der Waals surface area (Å²) in [5.74, 6) is 2.39. The average molecular weight is 525 g/mol. The number of rotatable bonds is 9. The number of hydrogen-bond acceptors (Lipinski definition) is 7. The molecule has 4 aromatic rings. The minimum atomic E-state index is 0.655. The van der Waals surface area contributed by atoms with E-state index in [1.807, 2.05) is 48.8 Å². The van der Waals surface area contributed by atoms with Crippen molar-refractivity contribution in [2.75, 3.05) is 51.8 Å². The molecule has 202 valence electrons. The Bertz CT molecular complexity index is 1480. The highest BCUT2D eigenvalue weighted by Gasteiger charge is 2.15. The molecule has 1 saturated heterocycles. The number of aromatic nitrogens is 2. The summed E-state index contributed by atoms with van der Waals surface area (Å²) in [5, 5.41) is 9.98. The molecule has 0 saturated carbocycles. The Kier molecular flexibility index (Phi) is 8.65. The molecule has 2 N–H and O–H groups in total. The summed E-state index contributed by atoms with van der Waals surface area (Å²) in [6.07, 6.45) is 6.68. The Morgan fingerprint density at radius 1 is 1.08 bits per heavy atom. The molecule has 1 fully saturated rings. The number of morpholine rings is 1. The SMILES string of the molecule is CCC(C)=CNC(=NC)c1cccc2c1nc(Nc1ccc(OCCN3CCOCC3)cc1)c1ccncc12. The molecule has 8 heteroatoms. The van der Waals surface area contributed by atoms with Crippen LogP contribution in [0.3, 0.4) is 0 Å². The number of amidine groups is 1. The number of ether oxygens (including phenoxy) is 2. The van der Waals surface area contributed by atoms with Crippen LogP contribution in [0.5, 0.6) is 5.75 Å². The molecule has 8 nitrogen and oxygen atoms in total. The molecular formula is C31H36N6O2. The van der Waals surface area contributed by atoms with Gasteiger partial charge in [-0.05, 0) is 49.7 Å². The standard InChI is InChI=1S/C31H36N6O2/c1-4-22(2)20-34-30(32-3)27-7-5-6-25-28-21-33-13-12-26(28)31(36-29(25)27)35-23-8-10-24(11-9-23)39-19-16-37-14-17-38-18-15-37/h5-13,20-21H,4,14-19H2,1-3H3,(H,32,34)(H,35,36). The molecule has 3 heterocycles. The van der Waals surface area contributed by atoms with E-state index in [1.54, 1.807) is 13.2 Å². The molecule has 0 aliphatic carbocycles. The number of nitrogens with zero attached hydrogens (tertiary/aromatic N) is 4. The maximum atomic E-state index is 5.99. The van der Waals surface area contributed by atoms with Gasteiger partial charge in [-0.3, -0.25) is 14.9 Å². The maximum absolute atomic E-state index is 5.99. The van der Waals surface area contributed by atoms with Gasteiger partial charge in [0, 0.05) is 72.7 Å². The van der Waals surface area contributed by atoms with Gasteiger partial charge in [0.05, 0.1) is 18.7 Å². The predicted octanol–water partition coefficient (Wildman–Crippen LogP) is 5.52. The summed E-state index contributed by atoms with van der Waals surface area (Å²) in [7, 11) is 1.79. The first-order chi connectivity index (χ1) is 19.2. The molecule has 1 aliphatic heterocycles. The molecule has 39 heavy (non-hydrogen) atoms. The molecule has 2 aromatic heterocycles. The zero-order valence-corrected chi connectivity index (χ0v) is 22.9. The van der Waals surface area contributed by atoms with E-state index < -0.39 is 0 Å². The highest BCUT2D eigenvalue weighted by Crippen LogP contribution is 2.32. The fourth-order valence-electron chi connectivity index (χ4n) is 4.60. The highest BCUT2D eigenvalue weighted by atomic mass is 16.5. The van der Waals surface area contributed by atoms with E-state index in [1.165, 1.54) is 5.57 Å². The number of para-hydroxylation sites is 1. The van der Waals surface area contributed by atoms with Crippen LogP contribution >= 0.6 is 0 Å². The minimum Gasteiger partial charge on any atom is -0.492 e. The van der Waals surface area contributed by atoms with Crippen LogP contribution in [-0.4, -0.2) is 67.2 Å². The van der Waals surface area contributed by atoms with E-state index in [9.17, 15) is 0 Å². The van der Waals surface area contributed by atoms with Crippen LogP contribution in [-0.2, 0) is 4.74 Å². The lowest BCUT2D eigenvalue weighted by Crippen LogP contribution is -2.38. The minimum absolute atomic E-state index is 0.655. The van der Waals surface area contributed by atoms with Gasteiger partial charge in [0.15, 0.2) is 0 Å². The second kappa shape index (κ2) is 12.7. The quantitative estimate of drug-likeness (QED) is 0.170. The van der Waals surface area contributed by atoms with E-state index in [4.69, 9.17) is 14.5 Å². The maximum Gasteiger partial charge on any atom is 0.139 e. The number of benzene rings is 2. The van der Waals surface area contributed by atoms with E-state index in [0.717, 1.165) is 89.6 Å². The number of hydrogen-bond donors (Lipinski definition) is 2. The number of anilines is 2. The van der Waals surface area contributed by atoms with Crippen LogP contribution in [0.4, 0.5) is 11.5 Å². The third-order valence-corrected chi connectivity index (χ3v) is 7.01. The Hall–Kier alpha value is -4.01. The average Bonchev–Trinajstić information content (AvgIpc) is 2.99. The van der Waals surface area contributed by atoms with Gasteiger partial charge in [-0.2, -0.15) is 0 Å².